The first-order valence-electron chi connectivity index (χ1n) is 11.0. The highest BCUT2D eigenvalue weighted by molar-refractivity contribution is 7.99. The standard InChI is InChI=1S/C24H25N3O3S2/c1-14-9-10-15(2)17(12-14)27-23(30)21-16-6-3-4-7-18(16)32-22(21)25-24(27)31-13-20(29)26-11-5-8-19(26)28/h9-10,12H,3-8,11,13H2,1-2H3. The summed E-state index contributed by atoms with van der Waals surface area (Å²) in [7, 11) is 0. The van der Waals surface area contributed by atoms with Gasteiger partial charge in [-0.15, -0.1) is 11.3 Å². The fraction of sp³-hybridized carbons (Fsp3) is 0.417. The quantitative estimate of drug-likeness (QED) is 0.425. The molecule has 6 nitrogen and oxygen atoms in total. The number of carbonyl (C=O) groups excluding carboxylic acids is 2. The molecule has 1 fully saturated rings. The van der Waals surface area contributed by atoms with E-state index in [1.165, 1.54) is 21.5 Å². The van der Waals surface area contributed by atoms with E-state index >= 15 is 0 Å². The summed E-state index contributed by atoms with van der Waals surface area (Å²) in [6, 6.07) is 6.03. The molecule has 1 saturated heterocycles. The number of rotatable bonds is 4. The third kappa shape index (κ3) is 3.69. The lowest BCUT2D eigenvalue weighted by molar-refractivity contribution is -0.140. The zero-order chi connectivity index (χ0) is 22.4. The number of carbonyl (C=O) groups is 2. The minimum Gasteiger partial charge on any atom is -0.282 e. The summed E-state index contributed by atoms with van der Waals surface area (Å²) in [5.41, 5.74) is 3.93. The molecule has 0 saturated carbocycles. The predicted octanol–water partition coefficient (Wildman–Crippen LogP) is 4.18. The molecule has 0 spiro atoms. The smallest absolute Gasteiger partial charge is 0.267 e. The van der Waals surface area contributed by atoms with E-state index in [0.717, 1.165) is 58.3 Å². The van der Waals surface area contributed by atoms with Gasteiger partial charge in [-0.1, -0.05) is 23.9 Å². The molecule has 0 radical (unpaired) electrons. The van der Waals surface area contributed by atoms with Crippen molar-refractivity contribution < 1.29 is 9.59 Å². The van der Waals surface area contributed by atoms with Gasteiger partial charge in [0.1, 0.15) is 4.83 Å². The Kier molecular flexibility index (Phi) is 5.67. The largest absolute Gasteiger partial charge is 0.282 e. The maximum absolute atomic E-state index is 13.9. The van der Waals surface area contributed by atoms with Crippen LogP contribution in [0.1, 0.15) is 47.3 Å². The van der Waals surface area contributed by atoms with Crippen molar-refractivity contribution in [3.05, 3.63) is 50.1 Å². The van der Waals surface area contributed by atoms with Gasteiger partial charge in [0.15, 0.2) is 5.16 Å². The van der Waals surface area contributed by atoms with E-state index in [4.69, 9.17) is 4.98 Å². The molecule has 32 heavy (non-hydrogen) atoms. The highest BCUT2D eigenvalue weighted by atomic mass is 32.2. The number of nitrogens with zero attached hydrogens (tertiary/aromatic N) is 3. The van der Waals surface area contributed by atoms with Crippen molar-refractivity contribution >= 4 is 45.1 Å². The molecule has 2 aromatic heterocycles. The van der Waals surface area contributed by atoms with Crippen LogP contribution in [-0.4, -0.2) is 38.6 Å². The Bertz CT molecular complexity index is 1310. The number of imide groups is 1. The number of hydrogen-bond donors (Lipinski definition) is 0. The lowest BCUT2D eigenvalue weighted by Crippen LogP contribution is -2.33. The first-order chi connectivity index (χ1) is 15.4. The molecule has 0 atom stereocenters. The van der Waals surface area contributed by atoms with E-state index in [1.807, 2.05) is 32.0 Å². The second-order valence-electron chi connectivity index (χ2n) is 8.55. The number of likely N-dealkylation sites (tertiary alicyclic amines) is 1. The molecular weight excluding hydrogens is 442 g/mol. The normalized spacial score (nSPS) is 16.1. The molecule has 2 aliphatic rings. The van der Waals surface area contributed by atoms with Gasteiger partial charge < -0.3 is 0 Å². The van der Waals surface area contributed by atoms with Crippen LogP contribution in [0.5, 0.6) is 0 Å². The van der Waals surface area contributed by atoms with Gasteiger partial charge >= 0.3 is 0 Å². The minimum atomic E-state index is -0.218. The molecule has 3 aromatic rings. The van der Waals surface area contributed by atoms with Crippen LogP contribution in [-0.2, 0) is 22.4 Å². The van der Waals surface area contributed by atoms with Crippen molar-refractivity contribution in [2.24, 2.45) is 0 Å². The average molecular weight is 468 g/mol. The third-order valence-electron chi connectivity index (χ3n) is 6.26. The molecule has 1 aliphatic carbocycles. The molecule has 8 heteroatoms. The zero-order valence-electron chi connectivity index (χ0n) is 18.3. The van der Waals surface area contributed by atoms with Gasteiger partial charge in [0, 0.05) is 17.8 Å². The van der Waals surface area contributed by atoms with Gasteiger partial charge in [-0.3, -0.25) is 23.9 Å². The van der Waals surface area contributed by atoms with Crippen molar-refractivity contribution in [3.63, 3.8) is 0 Å². The maximum Gasteiger partial charge on any atom is 0.267 e. The van der Waals surface area contributed by atoms with Gasteiger partial charge in [-0.2, -0.15) is 0 Å². The summed E-state index contributed by atoms with van der Waals surface area (Å²) in [6.45, 7) is 4.46. The Balaban J connectivity index is 1.63. The summed E-state index contributed by atoms with van der Waals surface area (Å²) in [5.74, 6) is -0.249. The fourth-order valence-electron chi connectivity index (χ4n) is 4.57. The Labute approximate surface area is 194 Å². The molecule has 0 unspecified atom stereocenters. The van der Waals surface area contributed by atoms with E-state index in [9.17, 15) is 14.4 Å². The van der Waals surface area contributed by atoms with Crippen molar-refractivity contribution in [1.82, 2.24) is 14.5 Å². The summed E-state index contributed by atoms with van der Waals surface area (Å²) in [4.78, 5) is 46.8. The van der Waals surface area contributed by atoms with Crippen LogP contribution in [0.25, 0.3) is 15.9 Å². The number of benzene rings is 1. The topological polar surface area (TPSA) is 72.3 Å². The summed E-state index contributed by atoms with van der Waals surface area (Å²) in [5, 5.41) is 1.24. The van der Waals surface area contributed by atoms with E-state index in [2.05, 4.69) is 0 Å². The van der Waals surface area contributed by atoms with Crippen molar-refractivity contribution in [1.29, 1.82) is 0 Å². The molecule has 0 bridgehead atoms. The first-order valence-corrected chi connectivity index (χ1v) is 12.8. The van der Waals surface area contributed by atoms with Crippen molar-refractivity contribution in [2.45, 2.75) is 57.5 Å². The number of hydrogen-bond acceptors (Lipinski definition) is 6. The van der Waals surface area contributed by atoms with Crippen LogP contribution in [0.15, 0.2) is 28.2 Å². The second-order valence-corrected chi connectivity index (χ2v) is 10.6. The van der Waals surface area contributed by atoms with E-state index in [-0.39, 0.29) is 23.1 Å². The molecule has 1 aliphatic heterocycles. The van der Waals surface area contributed by atoms with Crippen molar-refractivity contribution in [2.75, 3.05) is 12.3 Å². The van der Waals surface area contributed by atoms with Crippen LogP contribution in [0.3, 0.4) is 0 Å². The second kappa shape index (κ2) is 8.48. The van der Waals surface area contributed by atoms with Crippen LogP contribution in [0.2, 0.25) is 0 Å². The van der Waals surface area contributed by atoms with Crippen LogP contribution in [0.4, 0.5) is 0 Å². The third-order valence-corrected chi connectivity index (χ3v) is 8.37. The molecule has 0 N–H and O–H groups in total. The number of amides is 2. The van der Waals surface area contributed by atoms with Gasteiger partial charge in [-0.05, 0) is 68.7 Å². The molecule has 2 amide bonds. The lowest BCUT2D eigenvalue weighted by atomic mass is 9.97. The number of aryl methyl sites for hydroxylation is 4. The van der Waals surface area contributed by atoms with Gasteiger partial charge in [0.05, 0.1) is 16.8 Å². The highest BCUT2D eigenvalue weighted by Crippen LogP contribution is 2.35. The molecular formula is C24H25N3O3S2. The Morgan fingerprint density at radius 1 is 1.12 bits per heavy atom. The first kappa shape index (κ1) is 21.4. The predicted molar refractivity (Wildman–Crippen MR) is 128 cm³/mol. The molecule has 1 aromatic carbocycles. The van der Waals surface area contributed by atoms with Gasteiger partial charge in [0.2, 0.25) is 11.8 Å². The molecule has 166 valence electrons. The van der Waals surface area contributed by atoms with Crippen LogP contribution < -0.4 is 5.56 Å². The summed E-state index contributed by atoms with van der Waals surface area (Å²) in [6.07, 6.45) is 5.29. The summed E-state index contributed by atoms with van der Waals surface area (Å²) < 4.78 is 1.68. The maximum atomic E-state index is 13.9. The number of thiophene rings is 1. The highest BCUT2D eigenvalue weighted by Gasteiger charge is 2.28. The Morgan fingerprint density at radius 2 is 1.94 bits per heavy atom. The van der Waals surface area contributed by atoms with Gasteiger partial charge in [-0.25, -0.2) is 4.98 Å². The molecule has 5 rings (SSSR count). The Hall–Kier alpha value is -2.45. The monoisotopic (exact) mass is 467 g/mol. The van der Waals surface area contributed by atoms with Crippen LogP contribution >= 0.6 is 23.1 Å². The minimum absolute atomic E-state index is 0.0599. The molecule has 3 heterocycles. The number of aromatic nitrogens is 2. The summed E-state index contributed by atoms with van der Waals surface area (Å²) >= 11 is 2.86. The zero-order valence-corrected chi connectivity index (χ0v) is 19.9. The fourth-order valence-corrected chi connectivity index (χ4v) is 6.76. The van der Waals surface area contributed by atoms with Crippen molar-refractivity contribution in [3.8, 4) is 5.69 Å². The van der Waals surface area contributed by atoms with E-state index in [1.54, 1.807) is 15.9 Å². The Morgan fingerprint density at radius 3 is 2.72 bits per heavy atom. The van der Waals surface area contributed by atoms with E-state index in [0.29, 0.717) is 24.5 Å². The van der Waals surface area contributed by atoms with Gasteiger partial charge in [0.25, 0.3) is 5.56 Å². The SMILES string of the molecule is Cc1ccc(C)c(-n2c(SCC(=O)N3CCCC3=O)nc3sc4c(c3c2=O)CCCC4)c1. The van der Waals surface area contributed by atoms with Crippen LogP contribution in [0, 0.1) is 13.8 Å². The average Bonchev–Trinajstić information content (AvgIpc) is 3.37. The van der Waals surface area contributed by atoms with E-state index < -0.39 is 0 Å². The number of fused-ring (bicyclic) bond motifs is 3. The lowest BCUT2D eigenvalue weighted by Gasteiger charge is -2.17. The number of thioether (sulfide) groups is 1.